The van der Waals surface area contributed by atoms with Crippen LogP contribution in [0.1, 0.15) is 46.8 Å². The van der Waals surface area contributed by atoms with Gasteiger partial charge < -0.3 is 9.64 Å². The molecule has 6 nitrogen and oxygen atoms in total. The topological polar surface area (TPSA) is 72.4 Å². The van der Waals surface area contributed by atoms with Gasteiger partial charge in [-0.1, -0.05) is 6.07 Å². The molecule has 1 aliphatic heterocycles. The smallest absolute Gasteiger partial charge is 0.309 e. The van der Waals surface area contributed by atoms with Crippen LogP contribution in [0.4, 0.5) is 5.95 Å². The fourth-order valence-electron chi connectivity index (χ4n) is 3.54. The average Bonchev–Trinajstić information content (AvgIpc) is 2.71. The highest BCUT2D eigenvalue weighted by Gasteiger charge is 2.30. The van der Waals surface area contributed by atoms with Gasteiger partial charge >= 0.3 is 5.97 Å². The molecule has 1 saturated heterocycles. The molecule has 1 aliphatic rings. The van der Waals surface area contributed by atoms with Crippen molar-refractivity contribution in [1.82, 2.24) is 9.97 Å². The van der Waals surface area contributed by atoms with Gasteiger partial charge in [-0.15, -0.1) is 0 Å². The van der Waals surface area contributed by atoms with Gasteiger partial charge in [0.1, 0.15) is 0 Å². The Morgan fingerprint density at radius 3 is 2.29 bits per heavy atom. The fourth-order valence-corrected chi connectivity index (χ4v) is 3.54. The molecule has 0 spiro atoms. The van der Waals surface area contributed by atoms with Crippen molar-refractivity contribution in [3.8, 4) is 0 Å². The Morgan fingerprint density at radius 2 is 1.64 bits per heavy atom. The zero-order valence-electron chi connectivity index (χ0n) is 16.9. The van der Waals surface area contributed by atoms with Crippen LogP contribution in [-0.2, 0) is 9.53 Å². The van der Waals surface area contributed by atoms with E-state index in [2.05, 4.69) is 14.9 Å². The van der Waals surface area contributed by atoms with E-state index < -0.39 is 6.10 Å². The summed E-state index contributed by atoms with van der Waals surface area (Å²) in [7, 11) is 0. The van der Waals surface area contributed by atoms with Gasteiger partial charge in [-0.2, -0.15) is 0 Å². The van der Waals surface area contributed by atoms with E-state index in [0.717, 1.165) is 16.7 Å². The largest absolute Gasteiger partial charge is 0.454 e. The molecule has 3 rings (SSSR count). The molecule has 1 aromatic heterocycles. The van der Waals surface area contributed by atoms with E-state index >= 15 is 0 Å². The van der Waals surface area contributed by atoms with Crippen molar-refractivity contribution >= 4 is 17.7 Å². The van der Waals surface area contributed by atoms with E-state index in [0.29, 0.717) is 37.4 Å². The minimum atomic E-state index is -0.788. The summed E-state index contributed by atoms with van der Waals surface area (Å²) < 4.78 is 5.53. The van der Waals surface area contributed by atoms with E-state index in [1.165, 1.54) is 0 Å². The summed E-state index contributed by atoms with van der Waals surface area (Å²) in [5, 5.41) is 0. The molecular formula is C22H27N3O3. The molecule has 28 heavy (non-hydrogen) atoms. The Morgan fingerprint density at radius 1 is 1.04 bits per heavy atom. The summed E-state index contributed by atoms with van der Waals surface area (Å²) in [6.07, 6.45) is 3.97. The Bertz CT molecular complexity index is 859. The zero-order valence-corrected chi connectivity index (χ0v) is 16.9. The highest BCUT2D eigenvalue weighted by Crippen LogP contribution is 2.23. The van der Waals surface area contributed by atoms with Crippen molar-refractivity contribution in [2.24, 2.45) is 5.92 Å². The molecule has 0 N–H and O–H groups in total. The molecule has 2 heterocycles. The number of rotatable bonds is 5. The van der Waals surface area contributed by atoms with E-state index in [9.17, 15) is 9.59 Å². The van der Waals surface area contributed by atoms with Gasteiger partial charge in [0.2, 0.25) is 11.7 Å². The molecule has 1 unspecified atom stereocenters. The maximum absolute atomic E-state index is 12.8. The number of carbonyl (C=O) groups excluding carboxylic acids is 2. The number of piperidine rings is 1. The minimum Gasteiger partial charge on any atom is -0.454 e. The van der Waals surface area contributed by atoms with Crippen LogP contribution in [0.3, 0.4) is 0 Å². The molecule has 0 aliphatic carbocycles. The number of hydrogen-bond donors (Lipinski definition) is 0. The van der Waals surface area contributed by atoms with Crippen LogP contribution in [0.25, 0.3) is 0 Å². The first-order chi connectivity index (χ1) is 13.4. The number of benzene rings is 1. The third-order valence-electron chi connectivity index (χ3n) is 5.43. The summed E-state index contributed by atoms with van der Waals surface area (Å²) in [4.78, 5) is 35.9. The number of anilines is 1. The number of carbonyl (C=O) groups is 2. The zero-order chi connectivity index (χ0) is 20.3. The number of hydrogen-bond acceptors (Lipinski definition) is 6. The lowest BCUT2D eigenvalue weighted by atomic mass is 9.95. The Balaban J connectivity index is 1.57. The van der Waals surface area contributed by atoms with Crippen molar-refractivity contribution in [2.75, 3.05) is 18.0 Å². The Labute approximate surface area is 165 Å². The van der Waals surface area contributed by atoms with E-state index in [1.807, 2.05) is 32.9 Å². The van der Waals surface area contributed by atoms with E-state index in [1.54, 1.807) is 25.4 Å². The molecule has 0 radical (unpaired) electrons. The highest BCUT2D eigenvalue weighted by atomic mass is 16.5. The number of esters is 1. The molecular weight excluding hydrogens is 354 g/mol. The van der Waals surface area contributed by atoms with Crippen molar-refractivity contribution in [3.63, 3.8) is 0 Å². The van der Waals surface area contributed by atoms with Crippen LogP contribution in [0.5, 0.6) is 0 Å². The van der Waals surface area contributed by atoms with Crippen LogP contribution in [0, 0.1) is 26.7 Å². The van der Waals surface area contributed by atoms with Gasteiger partial charge in [0.05, 0.1) is 5.92 Å². The third kappa shape index (κ3) is 4.38. The van der Waals surface area contributed by atoms with Gasteiger partial charge in [-0.05, 0) is 69.4 Å². The van der Waals surface area contributed by atoms with Crippen LogP contribution in [0.2, 0.25) is 0 Å². The summed E-state index contributed by atoms with van der Waals surface area (Å²) >= 11 is 0. The number of aryl methyl sites for hydroxylation is 3. The lowest BCUT2D eigenvalue weighted by Gasteiger charge is -2.31. The second-order valence-corrected chi connectivity index (χ2v) is 7.50. The molecule has 2 aromatic rings. The molecule has 0 saturated carbocycles. The number of aromatic nitrogens is 2. The van der Waals surface area contributed by atoms with E-state index in [4.69, 9.17) is 4.74 Å². The predicted octanol–water partition coefficient (Wildman–Crippen LogP) is 3.43. The van der Waals surface area contributed by atoms with Crippen molar-refractivity contribution in [3.05, 3.63) is 52.8 Å². The van der Waals surface area contributed by atoms with Crippen molar-refractivity contribution < 1.29 is 14.3 Å². The maximum atomic E-state index is 12.8. The molecule has 1 fully saturated rings. The molecule has 1 atom stereocenters. The van der Waals surface area contributed by atoms with Crippen LogP contribution in [0.15, 0.2) is 30.6 Å². The van der Waals surface area contributed by atoms with Crippen LogP contribution >= 0.6 is 0 Å². The highest BCUT2D eigenvalue weighted by molar-refractivity contribution is 6.01. The van der Waals surface area contributed by atoms with Crippen molar-refractivity contribution in [1.29, 1.82) is 0 Å². The Kier molecular flexibility index (Phi) is 6.07. The van der Waals surface area contributed by atoms with Gasteiger partial charge in [0.25, 0.3) is 0 Å². The normalized spacial score (nSPS) is 15.9. The molecule has 6 heteroatoms. The van der Waals surface area contributed by atoms with Crippen molar-refractivity contribution in [2.45, 2.75) is 46.6 Å². The second kappa shape index (κ2) is 8.50. The van der Waals surface area contributed by atoms with Crippen LogP contribution in [-0.4, -0.2) is 40.9 Å². The summed E-state index contributed by atoms with van der Waals surface area (Å²) in [6, 6.07) is 5.66. The number of ether oxygens (including phenoxy) is 1. The summed E-state index contributed by atoms with van der Waals surface area (Å²) in [5.41, 5.74) is 3.74. The molecule has 0 amide bonds. The number of ketones is 1. The third-order valence-corrected chi connectivity index (χ3v) is 5.43. The number of nitrogens with zero attached hydrogens (tertiary/aromatic N) is 3. The van der Waals surface area contributed by atoms with Gasteiger partial charge in [-0.3, -0.25) is 9.59 Å². The van der Waals surface area contributed by atoms with E-state index in [-0.39, 0.29) is 17.7 Å². The minimum absolute atomic E-state index is 0.149. The Hall–Kier alpha value is -2.76. The lowest BCUT2D eigenvalue weighted by molar-refractivity contribution is -0.152. The van der Waals surface area contributed by atoms with Gasteiger partial charge in [-0.25, -0.2) is 9.97 Å². The average molecular weight is 381 g/mol. The molecule has 1 aromatic carbocycles. The first-order valence-corrected chi connectivity index (χ1v) is 9.71. The quantitative estimate of drug-likeness (QED) is 0.584. The fraction of sp³-hybridized carbons (Fsp3) is 0.455. The van der Waals surface area contributed by atoms with Gasteiger partial charge in [0, 0.05) is 31.0 Å². The SMILES string of the molecule is Cc1cc(C)c(C(=O)C(C)OC(=O)C2CCN(c3ncccn3)CC2)cc1C. The first kappa shape index (κ1) is 20.0. The molecule has 148 valence electrons. The second-order valence-electron chi connectivity index (χ2n) is 7.50. The lowest BCUT2D eigenvalue weighted by Crippen LogP contribution is -2.39. The standard InChI is InChI=1S/C22H27N3O3/c1-14-12-16(3)19(13-15(14)2)20(26)17(4)28-21(27)18-6-10-25(11-7-18)22-23-8-5-9-24-22/h5,8-9,12-13,17-18H,6-7,10-11H2,1-4H3. The maximum Gasteiger partial charge on any atom is 0.309 e. The summed E-state index contributed by atoms with van der Waals surface area (Å²) in [5.74, 6) is 0.0409. The summed E-state index contributed by atoms with van der Waals surface area (Å²) in [6.45, 7) is 8.96. The first-order valence-electron chi connectivity index (χ1n) is 9.71. The molecule has 0 bridgehead atoms. The van der Waals surface area contributed by atoms with Crippen LogP contribution < -0.4 is 4.90 Å². The monoisotopic (exact) mass is 381 g/mol. The predicted molar refractivity (Wildman–Crippen MR) is 108 cm³/mol. The number of Topliss-reactive ketones (excluding diaryl/α,β-unsaturated/α-hetero) is 1. The van der Waals surface area contributed by atoms with Gasteiger partial charge in [0.15, 0.2) is 6.10 Å².